The topological polar surface area (TPSA) is 78.7 Å². The summed E-state index contributed by atoms with van der Waals surface area (Å²) in [7, 11) is 1.67. The number of nitrogens with two attached hydrogens (primary N) is 1. The van der Waals surface area contributed by atoms with Gasteiger partial charge in [0.05, 0.1) is 16.3 Å². The molecule has 20 heavy (non-hydrogen) atoms. The molecule has 1 aromatic rings. The summed E-state index contributed by atoms with van der Waals surface area (Å²) in [6, 6.07) is 5.09. The second-order valence-electron chi connectivity index (χ2n) is 5.43. The van der Waals surface area contributed by atoms with E-state index in [0.717, 1.165) is 19.5 Å². The second kappa shape index (κ2) is 5.59. The third-order valence-electron chi connectivity index (χ3n) is 3.55. The van der Waals surface area contributed by atoms with Gasteiger partial charge in [0, 0.05) is 26.7 Å². The van der Waals surface area contributed by atoms with E-state index in [4.69, 9.17) is 5.73 Å². The Bertz CT molecular complexity index is 586. The van der Waals surface area contributed by atoms with Crippen molar-refractivity contribution in [1.82, 2.24) is 9.21 Å². The molecule has 7 heteroatoms. The fourth-order valence-electron chi connectivity index (χ4n) is 2.30. The molecule has 112 valence electrons. The summed E-state index contributed by atoms with van der Waals surface area (Å²) >= 11 is 0. The molecule has 0 radical (unpaired) electrons. The molecule has 1 atom stereocenters. The fraction of sp³-hybridized carbons (Fsp3) is 0.538. The number of hydrogen-bond acceptors (Lipinski definition) is 5. The van der Waals surface area contributed by atoms with Gasteiger partial charge in [0.2, 0.25) is 10.0 Å². The third-order valence-corrected chi connectivity index (χ3v) is 5.37. The summed E-state index contributed by atoms with van der Waals surface area (Å²) in [5.41, 5.74) is 7.19. The minimum Gasteiger partial charge on any atom is -0.397 e. The van der Waals surface area contributed by atoms with Crippen LogP contribution < -0.4 is 11.1 Å². The first kappa shape index (κ1) is 15.1. The Kier molecular flexibility index (Phi) is 4.22. The van der Waals surface area contributed by atoms with Gasteiger partial charge >= 0.3 is 0 Å². The predicted octanol–water partition coefficient (Wildman–Crippen LogP) is 0.635. The molecule has 0 saturated carbocycles. The minimum atomic E-state index is -3.43. The molecule has 0 spiro atoms. The number of nitrogens with zero attached hydrogens (tertiary/aromatic N) is 2. The number of rotatable bonds is 4. The van der Waals surface area contributed by atoms with E-state index < -0.39 is 10.0 Å². The zero-order valence-electron chi connectivity index (χ0n) is 12.1. The number of nitrogen functional groups attached to an aromatic ring is 1. The molecule has 1 aliphatic heterocycles. The number of benzene rings is 1. The first-order valence-corrected chi connectivity index (χ1v) is 8.02. The quantitative estimate of drug-likeness (QED) is 0.797. The van der Waals surface area contributed by atoms with Crippen LogP contribution in [-0.4, -0.2) is 57.9 Å². The van der Waals surface area contributed by atoms with Crippen LogP contribution in [0.5, 0.6) is 0 Å². The van der Waals surface area contributed by atoms with E-state index in [2.05, 4.69) is 17.3 Å². The normalized spacial score (nSPS) is 20.5. The lowest BCUT2D eigenvalue weighted by molar-refractivity contribution is 0.414. The number of anilines is 2. The number of sulfonamides is 1. The smallest absolute Gasteiger partial charge is 0.242 e. The van der Waals surface area contributed by atoms with Crippen molar-refractivity contribution in [2.45, 2.75) is 17.4 Å². The molecular formula is C13H22N4O2S. The highest BCUT2D eigenvalue weighted by Gasteiger charge is 2.22. The van der Waals surface area contributed by atoms with Gasteiger partial charge in [0.25, 0.3) is 0 Å². The Morgan fingerprint density at radius 1 is 1.40 bits per heavy atom. The SMILES string of the molecule is CN1CCC(Nc2cc(S(=O)(=O)N(C)C)ccc2N)C1. The highest BCUT2D eigenvalue weighted by Crippen LogP contribution is 2.26. The molecule has 6 nitrogen and oxygen atoms in total. The van der Waals surface area contributed by atoms with E-state index in [-0.39, 0.29) is 4.90 Å². The molecule has 0 bridgehead atoms. The van der Waals surface area contributed by atoms with Crippen molar-refractivity contribution in [2.75, 3.05) is 45.3 Å². The average Bonchev–Trinajstić information content (AvgIpc) is 2.77. The maximum Gasteiger partial charge on any atom is 0.242 e. The monoisotopic (exact) mass is 298 g/mol. The lowest BCUT2D eigenvalue weighted by atomic mass is 10.2. The lowest BCUT2D eigenvalue weighted by Gasteiger charge is -2.18. The van der Waals surface area contributed by atoms with E-state index >= 15 is 0 Å². The summed E-state index contributed by atoms with van der Waals surface area (Å²) in [6.07, 6.45) is 1.03. The van der Waals surface area contributed by atoms with E-state index in [1.54, 1.807) is 12.1 Å². The molecule has 2 rings (SSSR count). The first-order valence-electron chi connectivity index (χ1n) is 6.58. The van der Waals surface area contributed by atoms with Gasteiger partial charge in [-0.05, 0) is 38.2 Å². The van der Waals surface area contributed by atoms with Crippen LogP contribution in [-0.2, 0) is 10.0 Å². The molecule has 0 aliphatic carbocycles. The molecule has 1 unspecified atom stereocenters. The zero-order chi connectivity index (χ0) is 14.9. The van der Waals surface area contributed by atoms with Gasteiger partial charge in [0.1, 0.15) is 0 Å². The van der Waals surface area contributed by atoms with Crippen molar-refractivity contribution in [2.24, 2.45) is 0 Å². The zero-order valence-corrected chi connectivity index (χ0v) is 12.9. The van der Waals surface area contributed by atoms with Crippen LogP contribution >= 0.6 is 0 Å². The van der Waals surface area contributed by atoms with Gasteiger partial charge in [-0.25, -0.2) is 12.7 Å². The van der Waals surface area contributed by atoms with Crippen molar-refractivity contribution in [3.8, 4) is 0 Å². The summed E-state index contributed by atoms with van der Waals surface area (Å²) in [5.74, 6) is 0. The highest BCUT2D eigenvalue weighted by molar-refractivity contribution is 7.89. The first-order chi connectivity index (χ1) is 9.30. The van der Waals surface area contributed by atoms with Crippen LogP contribution in [0.4, 0.5) is 11.4 Å². The molecule has 1 saturated heterocycles. The summed E-state index contributed by atoms with van der Waals surface area (Å²) < 4.78 is 25.5. The van der Waals surface area contributed by atoms with Gasteiger partial charge < -0.3 is 16.0 Å². The van der Waals surface area contributed by atoms with Crippen LogP contribution in [0.2, 0.25) is 0 Å². The van der Waals surface area contributed by atoms with E-state index in [9.17, 15) is 8.42 Å². The van der Waals surface area contributed by atoms with Crippen LogP contribution in [0.25, 0.3) is 0 Å². The van der Waals surface area contributed by atoms with Gasteiger partial charge in [0.15, 0.2) is 0 Å². The van der Waals surface area contributed by atoms with Crippen molar-refractivity contribution < 1.29 is 8.42 Å². The Morgan fingerprint density at radius 2 is 2.10 bits per heavy atom. The van der Waals surface area contributed by atoms with E-state index in [0.29, 0.717) is 17.4 Å². The number of likely N-dealkylation sites (tertiary alicyclic amines) is 1. The largest absolute Gasteiger partial charge is 0.397 e. The average molecular weight is 298 g/mol. The molecule has 3 N–H and O–H groups in total. The van der Waals surface area contributed by atoms with Crippen LogP contribution in [0, 0.1) is 0 Å². The van der Waals surface area contributed by atoms with E-state index in [1.807, 2.05) is 0 Å². The molecule has 1 heterocycles. The molecule has 0 aromatic heterocycles. The van der Waals surface area contributed by atoms with Gasteiger partial charge in [-0.15, -0.1) is 0 Å². The molecule has 1 aliphatic rings. The Labute approximate surface area is 120 Å². The standard InChI is InChI=1S/C13H22N4O2S/c1-16(2)20(18,19)11-4-5-12(14)13(8-11)15-10-6-7-17(3)9-10/h4-5,8,10,15H,6-7,9,14H2,1-3H3. The van der Waals surface area contributed by atoms with Crippen LogP contribution in [0.15, 0.2) is 23.1 Å². The van der Waals surface area contributed by atoms with Crippen LogP contribution in [0.3, 0.4) is 0 Å². The predicted molar refractivity (Wildman–Crippen MR) is 81.3 cm³/mol. The van der Waals surface area contributed by atoms with Crippen LogP contribution in [0.1, 0.15) is 6.42 Å². The fourth-order valence-corrected chi connectivity index (χ4v) is 3.23. The number of likely N-dealkylation sites (N-methyl/N-ethyl adjacent to an activating group) is 1. The third kappa shape index (κ3) is 3.05. The number of nitrogens with one attached hydrogen (secondary N) is 1. The van der Waals surface area contributed by atoms with Gasteiger partial charge in [-0.3, -0.25) is 0 Å². The molecular weight excluding hydrogens is 276 g/mol. The maximum atomic E-state index is 12.1. The summed E-state index contributed by atoms with van der Waals surface area (Å²) in [4.78, 5) is 2.49. The minimum absolute atomic E-state index is 0.255. The van der Waals surface area contributed by atoms with Crippen molar-refractivity contribution in [3.63, 3.8) is 0 Å². The summed E-state index contributed by atoms with van der Waals surface area (Å²) in [6.45, 7) is 1.97. The Balaban J connectivity index is 2.25. The van der Waals surface area contributed by atoms with E-state index in [1.165, 1.54) is 24.5 Å². The molecule has 1 fully saturated rings. The highest BCUT2D eigenvalue weighted by atomic mass is 32.2. The van der Waals surface area contributed by atoms with Crippen molar-refractivity contribution in [3.05, 3.63) is 18.2 Å². The number of hydrogen-bond donors (Lipinski definition) is 2. The lowest BCUT2D eigenvalue weighted by Crippen LogP contribution is -2.25. The Morgan fingerprint density at radius 3 is 2.65 bits per heavy atom. The maximum absolute atomic E-state index is 12.1. The second-order valence-corrected chi connectivity index (χ2v) is 7.58. The van der Waals surface area contributed by atoms with Gasteiger partial charge in [-0.2, -0.15) is 0 Å². The van der Waals surface area contributed by atoms with Gasteiger partial charge in [-0.1, -0.05) is 0 Å². The summed E-state index contributed by atoms with van der Waals surface area (Å²) in [5, 5.41) is 3.34. The molecule has 0 amide bonds. The Hall–Kier alpha value is -1.31. The molecule has 1 aromatic carbocycles. The van der Waals surface area contributed by atoms with Crippen molar-refractivity contribution in [1.29, 1.82) is 0 Å². The van der Waals surface area contributed by atoms with Crippen molar-refractivity contribution >= 4 is 21.4 Å².